The van der Waals surface area contributed by atoms with E-state index >= 15 is 0 Å². The van der Waals surface area contributed by atoms with Crippen LogP contribution in [0, 0.1) is 5.92 Å². The summed E-state index contributed by atoms with van der Waals surface area (Å²) < 4.78 is 11.1. The number of carbonyl (C=O) groups is 1. The van der Waals surface area contributed by atoms with E-state index in [0.29, 0.717) is 35.4 Å². The van der Waals surface area contributed by atoms with Crippen LogP contribution in [-0.4, -0.2) is 19.1 Å². The van der Waals surface area contributed by atoms with Gasteiger partial charge < -0.3 is 14.8 Å². The summed E-state index contributed by atoms with van der Waals surface area (Å²) in [7, 11) is 0. The molecule has 1 aliphatic carbocycles. The molecule has 0 unspecified atom stereocenters. The third-order valence-electron chi connectivity index (χ3n) is 3.59. The Labute approximate surface area is 130 Å². The Morgan fingerprint density at radius 2 is 1.90 bits per heavy atom. The molecule has 1 aromatic rings. The van der Waals surface area contributed by atoms with E-state index in [1.165, 1.54) is 0 Å². The number of benzene rings is 1. The van der Waals surface area contributed by atoms with Crippen molar-refractivity contribution in [2.75, 3.05) is 18.5 Å². The molecule has 1 fully saturated rings. The lowest BCUT2D eigenvalue weighted by molar-refractivity contribution is -0.119. The highest BCUT2D eigenvalue weighted by Crippen LogP contribution is 2.38. The van der Waals surface area contributed by atoms with Crippen molar-refractivity contribution in [1.82, 2.24) is 0 Å². The molecule has 1 saturated carbocycles. The average molecular weight is 312 g/mol. The topological polar surface area (TPSA) is 47.6 Å². The van der Waals surface area contributed by atoms with Crippen LogP contribution in [0.2, 0.25) is 5.02 Å². The number of hydrogen-bond acceptors (Lipinski definition) is 3. The highest BCUT2D eigenvalue weighted by molar-refractivity contribution is 6.32. The van der Waals surface area contributed by atoms with Crippen molar-refractivity contribution in [3.63, 3.8) is 0 Å². The zero-order valence-corrected chi connectivity index (χ0v) is 13.3. The summed E-state index contributed by atoms with van der Waals surface area (Å²) in [5, 5.41) is 3.38. The Morgan fingerprint density at radius 3 is 2.52 bits per heavy atom. The molecule has 0 bridgehead atoms. The molecule has 0 heterocycles. The molecule has 21 heavy (non-hydrogen) atoms. The number of hydrogen-bond donors (Lipinski definition) is 1. The van der Waals surface area contributed by atoms with Gasteiger partial charge in [0.1, 0.15) is 0 Å². The maximum Gasteiger partial charge on any atom is 0.227 e. The van der Waals surface area contributed by atoms with Crippen molar-refractivity contribution in [3.8, 4) is 11.5 Å². The van der Waals surface area contributed by atoms with Crippen LogP contribution >= 0.6 is 11.6 Å². The van der Waals surface area contributed by atoms with Crippen molar-refractivity contribution >= 4 is 23.2 Å². The number of halogens is 1. The van der Waals surface area contributed by atoms with Crippen molar-refractivity contribution in [2.24, 2.45) is 5.92 Å². The number of rotatable bonds is 6. The van der Waals surface area contributed by atoms with Gasteiger partial charge in [0.25, 0.3) is 0 Å². The second-order valence-electron chi connectivity index (χ2n) is 5.12. The summed E-state index contributed by atoms with van der Waals surface area (Å²) in [5.41, 5.74) is 0.656. The molecule has 0 radical (unpaired) electrons. The van der Waals surface area contributed by atoms with Crippen LogP contribution in [0.3, 0.4) is 0 Å². The van der Waals surface area contributed by atoms with Gasteiger partial charge >= 0.3 is 0 Å². The summed E-state index contributed by atoms with van der Waals surface area (Å²) in [5.74, 6) is 1.27. The lowest BCUT2D eigenvalue weighted by atomic mass is 10.1. The Kier molecular flexibility index (Phi) is 5.74. The standard InChI is InChI=1S/C16H22ClNO3/c1-3-20-14-10-12(9-13(17)15(14)21-4-2)18-16(19)11-7-5-6-8-11/h9-11H,3-8H2,1-2H3,(H,18,19). The Bertz CT molecular complexity index is 499. The largest absolute Gasteiger partial charge is 0.490 e. The predicted octanol–water partition coefficient (Wildman–Crippen LogP) is 4.27. The van der Waals surface area contributed by atoms with Gasteiger partial charge in [-0.2, -0.15) is 0 Å². The Hall–Kier alpha value is -1.42. The molecule has 0 saturated heterocycles. The molecule has 1 N–H and O–H groups in total. The van der Waals surface area contributed by atoms with Crippen molar-refractivity contribution < 1.29 is 14.3 Å². The Balaban J connectivity index is 2.17. The quantitative estimate of drug-likeness (QED) is 0.853. The lowest BCUT2D eigenvalue weighted by Gasteiger charge is -2.16. The fraction of sp³-hybridized carbons (Fsp3) is 0.562. The molecule has 0 aliphatic heterocycles. The van der Waals surface area contributed by atoms with E-state index in [-0.39, 0.29) is 11.8 Å². The normalized spacial score (nSPS) is 15.0. The fourth-order valence-corrected chi connectivity index (χ4v) is 2.89. The summed E-state index contributed by atoms with van der Waals surface area (Å²) in [6, 6.07) is 3.48. The van der Waals surface area contributed by atoms with Crippen LogP contribution in [0.5, 0.6) is 11.5 Å². The minimum atomic E-state index is 0.0650. The van der Waals surface area contributed by atoms with Crippen LogP contribution in [0.1, 0.15) is 39.5 Å². The monoisotopic (exact) mass is 311 g/mol. The van der Waals surface area contributed by atoms with Gasteiger partial charge in [-0.15, -0.1) is 0 Å². The van der Waals surface area contributed by atoms with Crippen LogP contribution in [0.4, 0.5) is 5.69 Å². The second-order valence-corrected chi connectivity index (χ2v) is 5.53. The Morgan fingerprint density at radius 1 is 1.24 bits per heavy atom. The number of carbonyl (C=O) groups excluding carboxylic acids is 1. The molecule has 0 aromatic heterocycles. The van der Waals surface area contributed by atoms with Crippen LogP contribution < -0.4 is 14.8 Å². The molecule has 1 aromatic carbocycles. The zero-order chi connectivity index (χ0) is 15.2. The van der Waals surface area contributed by atoms with E-state index in [2.05, 4.69) is 5.32 Å². The number of nitrogens with one attached hydrogen (secondary N) is 1. The van der Waals surface area contributed by atoms with E-state index < -0.39 is 0 Å². The third-order valence-corrected chi connectivity index (χ3v) is 3.87. The maximum atomic E-state index is 12.2. The van der Waals surface area contributed by atoms with Crippen LogP contribution in [0.15, 0.2) is 12.1 Å². The maximum absolute atomic E-state index is 12.2. The van der Waals surface area contributed by atoms with Gasteiger partial charge in [0.2, 0.25) is 5.91 Å². The van der Waals surface area contributed by atoms with Gasteiger partial charge in [-0.1, -0.05) is 24.4 Å². The van der Waals surface area contributed by atoms with Gasteiger partial charge in [-0.25, -0.2) is 0 Å². The average Bonchev–Trinajstić information content (AvgIpc) is 2.97. The first kappa shape index (κ1) is 16.0. The number of ether oxygens (including phenoxy) is 2. The molecule has 0 atom stereocenters. The minimum Gasteiger partial charge on any atom is -0.490 e. The van der Waals surface area contributed by atoms with E-state index in [1.807, 2.05) is 13.8 Å². The fourth-order valence-electron chi connectivity index (χ4n) is 2.62. The van der Waals surface area contributed by atoms with Crippen LogP contribution in [-0.2, 0) is 4.79 Å². The molecular formula is C16H22ClNO3. The third kappa shape index (κ3) is 4.03. The molecule has 2 rings (SSSR count). The second kappa shape index (κ2) is 7.55. The van der Waals surface area contributed by atoms with Crippen LogP contribution in [0.25, 0.3) is 0 Å². The predicted molar refractivity (Wildman–Crippen MR) is 84.4 cm³/mol. The molecule has 116 valence electrons. The summed E-state index contributed by atoms with van der Waals surface area (Å²) in [4.78, 5) is 12.2. The van der Waals surface area contributed by atoms with E-state index in [1.54, 1.807) is 12.1 Å². The summed E-state index contributed by atoms with van der Waals surface area (Å²) in [6.07, 6.45) is 4.20. The van der Waals surface area contributed by atoms with Gasteiger partial charge in [0, 0.05) is 17.7 Å². The van der Waals surface area contributed by atoms with E-state index in [4.69, 9.17) is 21.1 Å². The highest BCUT2D eigenvalue weighted by Gasteiger charge is 2.23. The smallest absolute Gasteiger partial charge is 0.227 e. The first-order chi connectivity index (χ1) is 10.2. The molecule has 0 spiro atoms. The number of anilines is 1. The van der Waals surface area contributed by atoms with Crippen molar-refractivity contribution in [1.29, 1.82) is 0 Å². The minimum absolute atomic E-state index is 0.0650. The summed E-state index contributed by atoms with van der Waals surface area (Å²) in [6.45, 7) is 4.80. The first-order valence-electron chi connectivity index (χ1n) is 7.55. The molecule has 1 amide bonds. The molecular weight excluding hydrogens is 290 g/mol. The number of amides is 1. The highest BCUT2D eigenvalue weighted by atomic mass is 35.5. The first-order valence-corrected chi connectivity index (χ1v) is 7.93. The van der Waals surface area contributed by atoms with Gasteiger partial charge in [0.15, 0.2) is 11.5 Å². The SMILES string of the molecule is CCOc1cc(NC(=O)C2CCCC2)cc(Cl)c1OCC. The summed E-state index contributed by atoms with van der Waals surface area (Å²) >= 11 is 6.24. The zero-order valence-electron chi connectivity index (χ0n) is 12.6. The van der Waals surface area contributed by atoms with Crippen molar-refractivity contribution in [3.05, 3.63) is 17.2 Å². The van der Waals surface area contributed by atoms with Gasteiger partial charge in [-0.3, -0.25) is 4.79 Å². The van der Waals surface area contributed by atoms with Gasteiger partial charge in [-0.05, 0) is 32.8 Å². The lowest BCUT2D eigenvalue weighted by Crippen LogP contribution is -2.20. The molecule has 1 aliphatic rings. The van der Waals surface area contributed by atoms with Crippen molar-refractivity contribution in [2.45, 2.75) is 39.5 Å². The van der Waals surface area contributed by atoms with Gasteiger partial charge in [0.05, 0.1) is 18.2 Å². The van der Waals surface area contributed by atoms with E-state index in [0.717, 1.165) is 25.7 Å². The molecule has 4 nitrogen and oxygen atoms in total. The van der Waals surface area contributed by atoms with E-state index in [9.17, 15) is 4.79 Å². The molecule has 5 heteroatoms.